The molecule has 0 aliphatic carbocycles. The van der Waals surface area contributed by atoms with E-state index in [2.05, 4.69) is 5.32 Å². The average molecular weight is 319 g/mol. The molecule has 1 N–H and O–H groups in total. The Morgan fingerprint density at radius 3 is 2.52 bits per heavy atom. The van der Waals surface area contributed by atoms with Crippen molar-refractivity contribution in [1.29, 1.82) is 0 Å². The van der Waals surface area contributed by atoms with Crippen LogP contribution in [0.1, 0.15) is 5.56 Å². The molecular weight excluding hydrogens is 301 g/mol. The van der Waals surface area contributed by atoms with Crippen molar-refractivity contribution in [3.05, 3.63) is 47.8 Å². The second kappa shape index (κ2) is 7.49. The molecule has 0 radical (unpaired) electrons. The van der Waals surface area contributed by atoms with Crippen LogP contribution in [0.2, 0.25) is 0 Å². The number of hydrogen-bond donors (Lipinski definition) is 1. The van der Waals surface area contributed by atoms with Gasteiger partial charge in [0, 0.05) is 12.1 Å². The summed E-state index contributed by atoms with van der Waals surface area (Å²) in [4.78, 5) is 12.0. The number of carbonyl (C=O) groups is 1. The van der Waals surface area contributed by atoms with Crippen LogP contribution in [-0.4, -0.2) is 26.7 Å². The van der Waals surface area contributed by atoms with E-state index in [4.69, 9.17) is 14.2 Å². The van der Waals surface area contributed by atoms with Crippen molar-refractivity contribution in [2.24, 2.45) is 0 Å². The van der Waals surface area contributed by atoms with Gasteiger partial charge in [0.15, 0.2) is 6.61 Å². The Kier molecular flexibility index (Phi) is 5.41. The molecule has 6 heteroatoms. The van der Waals surface area contributed by atoms with Crippen LogP contribution in [0.25, 0.3) is 0 Å². The minimum absolute atomic E-state index is 0.247. The van der Waals surface area contributed by atoms with Crippen molar-refractivity contribution in [3.63, 3.8) is 0 Å². The molecule has 122 valence electrons. The third kappa shape index (κ3) is 4.35. The van der Waals surface area contributed by atoms with Gasteiger partial charge in [-0.15, -0.1) is 0 Å². The topological polar surface area (TPSA) is 56.8 Å². The number of ether oxygens (including phenoxy) is 3. The lowest BCUT2D eigenvalue weighted by Crippen LogP contribution is -2.20. The first-order valence-corrected chi connectivity index (χ1v) is 6.94. The van der Waals surface area contributed by atoms with Gasteiger partial charge in [-0.1, -0.05) is 6.07 Å². The highest BCUT2D eigenvalue weighted by atomic mass is 19.1. The van der Waals surface area contributed by atoms with Crippen LogP contribution < -0.4 is 19.5 Å². The van der Waals surface area contributed by atoms with E-state index in [0.717, 1.165) is 5.56 Å². The van der Waals surface area contributed by atoms with Crippen LogP contribution >= 0.6 is 0 Å². The van der Waals surface area contributed by atoms with Gasteiger partial charge < -0.3 is 19.5 Å². The zero-order valence-corrected chi connectivity index (χ0v) is 13.2. The number of aryl methyl sites for hydroxylation is 1. The summed E-state index contributed by atoms with van der Waals surface area (Å²) in [5.41, 5.74) is 1.36. The van der Waals surface area contributed by atoms with Crippen molar-refractivity contribution < 1.29 is 23.4 Å². The van der Waals surface area contributed by atoms with E-state index in [9.17, 15) is 9.18 Å². The van der Waals surface area contributed by atoms with Gasteiger partial charge in [0.05, 0.1) is 19.9 Å². The fraction of sp³-hybridized carbons (Fsp3) is 0.235. The lowest BCUT2D eigenvalue weighted by molar-refractivity contribution is -0.118. The van der Waals surface area contributed by atoms with Crippen molar-refractivity contribution in [1.82, 2.24) is 0 Å². The summed E-state index contributed by atoms with van der Waals surface area (Å²) in [6, 6.07) is 9.04. The smallest absolute Gasteiger partial charge is 0.262 e. The standard InChI is InChI=1S/C17H18FNO4/c1-11-7-16(22-3)14(9-15(11)21-2)19-17(20)10-23-13-6-4-5-12(18)8-13/h4-9H,10H2,1-3H3,(H,19,20). The first-order valence-electron chi connectivity index (χ1n) is 6.94. The lowest BCUT2D eigenvalue weighted by atomic mass is 10.2. The van der Waals surface area contributed by atoms with Gasteiger partial charge in [0.25, 0.3) is 5.91 Å². The average Bonchev–Trinajstić information content (AvgIpc) is 2.54. The molecular formula is C17H18FNO4. The van der Waals surface area contributed by atoms with Crippen LogP contribution in [0.15, 0.2) is 36.4 Å². The second-order valence-electron chi connectivity index (χ2n) is 4.82. The van der Waals surface area contributed by atoms with E-state index in [1.807, 2.05) is 6.92 Å². The zero-order chi connectivity index (χ0) is 16.8. The molecule has 0 unspecified atom stereocenters. The highest BCUT2D eigenvalue weighted by Crippen LogP contribution is 2.32. The third-order valence-corrected chi connectivity index (χ3v) is 3.16. The van der Waals surface area contributed by atoms with E-state index >= 15 is 0 Å². The molecule has 2 aromatic rings. The highest BCUT2D eigenvalue weighted by molar-refractivity contribution is 5.93. The Hall–Kier alpha value is -2.76. The van der Waals surface area contributed by atoms with Gasteiger partial charge in [-0.05, 0) is 30.7 Å². The predicted molar refractivity (Wildman–Crippen MR) is 84.8 cm³/mol. The SMILES string of the molecule is COc1cc(NC(=O)COc2cccc(F)c2)c(OC)cc1C. The normalized spacial score (nSPS) is 10.1. The highest BCUT2D eigenvalue weighted by Gasteiger charge is 2.12. The van der Waals surface area contributed by atoms with Gasteiger partial charge >= 0.3 is 0 Å². The van der Waals surface area contributed by atoms with Crippen LogP contribution in [0.3, 0.4) is 0 Å². The Morgan fingerprint density at radius 2 is 1.87 bits per heavy atom. The molecule has 0 atom stereocenters. The molecule has 2 aromatic carbocycles. The van der Waals surface area contributed by atoms with Crippen LogP contribution in [-0.2, 0) is 4.79 Å². The monoisotopic (exact) mass is 319 g/mol. The van der Waals surface area contributed by atoms with Crippen molar-refractivity contribution in [2.75, 3.05) is 26.1 Å². The maximum Gasteiger partial charge on any atom is 0.262 e. The van der Waals surface area contributed by atoms with Crippen molar-refractivity contribution in [3.8, 4) is 17.2 Å². The number of halogens is 1. The molecule has 0 aromatic heterocycles. The summed E-state index contributed by atoms with van der Waals surface area (Å²) in [6.07, 6.45) is 0. The number of benzene rings is 2. The molecule has 0 heterocycles. The predicted octanol–water partition coefficient (Wildman–Crippen LogP) is 3.17. The maximum atomic E-state index is 13.0. The quantitative estimate of drug-likeness (QED) is 0.888. The van der Waals surface area contributed by atoms with Crippen LogP contribution in [0.4, 0.5) is 10.1 Å². The summed E-state index contributed by atoms with van der Waals surface area (Å²) in [5.74, 6) is 0.620. The van der Waals surface area contributed by atoms with E-state index in [-0.39, 0.29) is 12.4 Å². The molecule has 0 saturated heterocycles. The molecule has 0 aliphatic rings. The second-order valence-corrected chi connectivity index (χ2v) is 4.82. The summed E-state index contributed by atoms with van der Waals surface area (Å²) < 4.78 is 28.8. The fourth-order valence-corrected chi connectivity index (χ4v) is 2.04. The minimum Gasteiger partial charge on any atom is -0.496 e. The fourth-order valence-electron chi connectivity index (χ4n) is 2.04. The summed E-state index contributed by atoms with van der Waals surface area (Å²) in [5, 5.41) is 2.69. The van der Waals surface area contributed by atoms with Gasteiger partial charge in [-0.2, -0.15) is 0 Å². The molecule has 0 aliphatic heterocycles. The first-order chi connectivity index (χ1) is 11.0. The van der Waals surface area contributed by atoms with Gasteiger partial charge in [-0.3, -0.25) is 4.79 Å². The third-order valence-electron chi connectivity index (χ3n) is 3.16. The minimum atomic E-state index is -0.423. The van der Waals surface area contributed by atoms with Crippen molar-refractivity contribution >= 4 is 11.6 Å². The largest absolute Gasteiger partial charge is 0.496 e. The Labute approximate surface area is 134 Å². The number of carbonyl (C=O) groups excluding carboxylic acids is 1. The maximum absolute atomic E-state index is 13.0. The lowest BCUT2D eigenvalue weighted by Gasteiger charge is -2.14. The molecule has 2 rings (SSSR count). The number of hydrogen-bond acceptors (Lipinski definition) is 4. The number of amides is 1. The van der Waals surface area contributed by atoms with Gasteiger partial charge in [-0.25, -0.2) is 4.39 Å². The van der Waals surface area contributed by atoms with E-state index in [1.165, 1.54) is 25.3 Å². The summed E-state index contributed by atoms with van der Waals surface area (Å²) in [6.45, 7) is 1.63. The van der Waals surface area contributed by atoms with E-state index in [1.54, 1.807) is 25.3 Å². The van der Waals surface area contributed by atoms with Crippen LogP contribution in [0, 0.1) is 12.7 Å². The molecule has 5 nitrogen and oxygen atoms in total. The number of nitrogens with one attached hydrogen (secondary N) is 1. The Bertz CT molecular complexity index is 703. The van der Waals surface area contributed by atoms with Crippen molar-refractivity contribution in [2.45, 2.75) is 6.92 Å². The molecule has 0 bridgehead atoms. The molecule has 0 saturated carbocycles. The summed E-state index contributed by atoms with van der Waals surface area (Å²) >= 11 is 0. The number of rotatable bonds is 6. The zero-order valence-electron chi connectivity index (χ0n) is 13.2. The van der Waals surface area contributed by atoms with Crippen LogP contribution in [0.5, 0.6) is 17.2 Å². The molecule has 0 spiro atoms. The molecule has 1 amide bonds. The molecule has 23 heavy (non-hydrogen) atoms. The number of methoxy groups -OCH3 is 2. The van der Waals surface area contributed by atoms with E-state index < -0.39 is 11.7 Å². The van der Waals surface area contributed by atoms with Gasteiger partial charge in [0.1, 0.15) is 23.1 Å². The first kappa shape index (κ1) is 16.6. The number of anilines is 1. The Balaban J connectivity index is 2.05. The van der Waals surface area contributed by atoms with E-state index in [0.29, 0.717) is 17.2 Å². The summed E-state index contributed by atoms with van der Waals surface area (Å²) in [7, 11) is 3.06. The van der Waals surface area contributed by atoms with Gasteiger partial charge in [0.2, 0.25) is 0 Å². The molecule has 0 fully saturated rings. The Morgan fingerprint density at radius 1 is 1.13 bits per heavy atom.